The first-order valence-electron chi connectivity index (χ1n) is 6.82. The molecule has 1 aromatic carbocycles. The molecule has 0 radical (unpaired) electrons. The van der Waals surface area contributed by atoms with E-state index in [4.69, 9.17) is 4.42 Å². The van der Waals surface area contributed by atoms with Crippen molar-refractivity contribution in [1.29, 1.82) is 0 Å². The lowest BCUT2D eigenvalue weighted by molar-refractivity contribution is 0.613. The van der Waals surface area contributed by atoms with E-state index in [1.807, 2.05) is 30.3 Å². The monoisotopic (exact) mass is 346 g/mol. The van der Waals surface area contributed by atoms with Gasteiger partial charge in [0.2, 0.25) is 0 Å². The highest BCUT2D eigenvalue weighted by molar-refractivity contribution is 9.10. The average Bonchev–Trinajstić information content (AvgIpc) is 2.87. The minimum absolute atomic E-state index is 0.184. The molecule has 0 saturated heterocycles. The van der Waals surface area contributed by atoms with Gasteiger partial charge in [-0.2, -0.15) is 0 Å². The van der Waals surface area contributed by atoms with Crippen LogP contribution in [0, 0.1) is 5.92 Å². The maximum Gasteiger partial charge on any atom is 0.265 e. The van der Waals surface area contributed by atoms with Crippen molar-refractivity contribution in [3.8, 4) is 11.6 Å². The molecule has 21 heavy (non-hydrogen) atoms. The SMILES string of the molecule is CC(C)Cc1nc(-c2cc3ccccc3o2)[nH]c(=O)c1Br. The van der Waals surface area contributed by atoms with E-state index in [1.165, 1.54) is 0 Å². The van der Waals surface area contributed by atoms with Gasteiger partial charge < -0.3 is 9.40 Å². The Morgan fingerprint density at radius 2 is 2.10 bits per heavy atom. The quantitative estimate of drug-likeness (QED) is 0.775. The van der Waals surface area contributed by atoms with Crippen molar-refractivity contribution in [3.05, 3.63) is 50.9 Å². The number of rotatable bonds is 3. The summed E-state index contributed by atoms with van der Waals surface area (Å²) < 4.78 is 6.26. The van der Waals surface area contributed by atoms with Gasteiger partial charge in [0.15, 0.2) is 11.6 Å². The highest BCUT2D eigenvalue weighted by atomic mass is 79.9. The Hall–Kier alpha value is -1.88. The molecule has 2 heterocycles. The van der Waals surface area contributed by atoms with Gasteiger partial charge in [0, 0.05) is 5.39 Å². The molecule has 4 nitrogen and oxygen atoms in total. The predicted molar refractivity (Wildman–Crippen MR) is 86.3 cm³/mol. The van der Waals surface area contributed by atoms with Crippen LogP contribution >= 0.6 is 15.9 Å². The van der Waals surface area contributed by atoms with Crippen LogP contribution in [0.1, 0.15) is 19.5 Å². The van der Waals surface area contributed by atoms with E-state index in [0.717, 1.165) is 23.1 Å². The molecular formula is C16H15BrN2O2. The van der Waals surface area contributed by atoms with Crippen molar-refractivity contribution >= 4 is 26.9 Å². The van der Waals surface area contributed by atoms with Gasteiger partial charge in [0.05, 0.1) is 5.69 Å². The molecule has 0 aliphatic heterocycles. The summed E-state index contributed by atoms with van der Waals surface area (Å²) in [6, 6.07) is 9.61. The summed E-state index contributed by atoms with van der Waals surface area (Å²) in [5, 5.41) is 0.989. The van der Waals surface area contributed by atoms with E-state index in [1.54, 1.807) is 0 Å². The van der Waals surface area contributed by atoms with E-state index in [-0.39, 0.29) is 5.56 Å². The lowest BCUT2D eigenvalue weighted by Crippen LogP contribution is -2.14. The molecule has 3 rings (SSSR count). The van der Waals surface area contributed by atoms with E-state index in [0.29, 0.717) is 22.0 Å². The minimum Gasteiger partial charge on any atom is -0.453 e. The van der Waals surface area contributed by atoms with Gasteiger partial charge in [-0.15, -0.1) is 0 Å². The molecule has 0 spiro atoms. The van der Waals surface area contributed by atoms with Gasteiger partial charge in [0.1, 0.15) is 10.1 Å². The molecule has 0 saturated carbocycles. The van der Waals surface area contributed by atoms with Crippen LogP contribution in [-0.4, -0.2) is 9.97 Å². The Labute approximate surface area is 130 Å². The first kappa shape index (κ1) is 14.1. The van der Waals surface area contributed by atoms with Crippen molar-refractivity contribution in [2.45, 2.75) is 20.3 Å². The van der Waals surface area contributed by atoms with E-state index < -0.39 is 0 Å². The summed E-state index contributed by atoms with van der Waals surface area (Å²) in [5.74, 6) is 1.46. The number of hydrogen-bond donors (Lipinski definition) is 1. The number of para-hydroxylation sites is 1. The molecule has 0 amide bonds. The second-order valence-electron chi connectivity index (χ2n) is 5.42. The maximum atomic E-state index is 12.0. The van der Waals surface area contributed by atoms with Gasteiger partial charge >= 0.3 is 0 Å². The second kappa shape index (κ2) is 5.48. The largest absolute Gasteiger partial charge is 0.453 e. The molecular weight excluding hydrogens is 332 g/mol. The van der Waals surface area contributed by atoms with Crippen molar-refractivity contribution in [2.75, 3.05) is 0 Å². The minimum atomic E-state index is -0.184. The normalized spacial score (nSPS) is 11.4. The van der Waals surface area contributed by atoms with Crippen LogP contribution in [0.25, 0.3) is 22.6 Å². The molecule has 0 aliphatic rings. The van der Waals surface area contributed by atoms with Gasteiger partial charge in [-0.3, -0.25) is 4.79 Å². The molecule has 0 aliphatic carbocycles. The zero-order valence-electron chi connectivity index (χ0n) is 11.8. The van der Waals surface area contributed by atoms with Crippen molar-refractivity contribution < 1.29 is 4.42 Å². The summed E-state index contributed by atoms with van der Waals surface area (Å²) in [7, 11) is 0. The zero-order chi connectivity index (χ0) is 15.0. The Balaban J connectivity index is 2.13. The topological polar surface area (TPSA) is 58.9 Å². The Morgan fingerprint density at radius 3 is 2.81 bits per heavy atom. The van der Waals surface area contributed by atoms with Gasteiger partial charge in [0.25, 0.3) is 5.56 Å². The lowest BCUT2D eigenvalue weighted by Gasteiger charge is -2.07. The maximum absolute atomic E-state index is 12.0. The molecule has 0 unspecified atom stereocenters. The number of furan rings is 1. The first-order chi connectivity index (χ1) is 10.0. The van der Waals surface area contributed by atoms with Crippen molar-refractivity contribution in [1.82, 2.24) is 9.97 Å². The summed E-state index contributed by atoms with van der Waals surface area (Å²) in [4.78, 5) is 19.3. The van der Waals surface area contributed by atoms with Crippen LogP contribution in [0.5, 0.6) is 0 Å². The van der Waals surface area contributed by atoms with E-state index in [9.17, 15) is 4.79 Å². The van der Waals surface area contributed by atoms with Gasteiger partial charge in [-0.25, -0.2) is 4.98 Å². The Bertz CT molecular complexity index is 816. The van der Waals surface area contributed by atoms with Gasteiger partial charge in [-0.05, 0) is 40.4 Å². The van der Waals surface area contributed by atoms with Crippen molar-refractivity contribution in [3.63, 3.8) is 0 Å². The number of H-pyrrole nitrogens is 1. The molecule has 5 heteroatoms. The number of hydrogen-bond acceptors (Lipinski definition) is 3. The molecule has 108 valence electrons. The molecule has 0 fully saturated rings. The highest BCUT2D eigenvalue weighted by Gasteiger charge is 2.14. The molecule has 0 atom stereocenters. The third-order valence-electron chi connectivity index (χ3n) is 3.19. The fourth-order valence-corrected chi connectivity index (χ4v) is 2.59. The number of halogens is 1. The molecule has 0 bridgehead atoms. The third-order valence-corrected chi connectivity index (χ3v) is 4.01. The molecule has 2 aromatic heterocycles. The summed E-state index contributed by atoms with van der Waals surface area (Å²) >= 11 is 3.31. The van der Waals surface area contributed by atoms with Crippen LogP contribution < -0.4 is 5.56 Å². The van der Waals surface area contributed by atoms with Crippen LogP contribution in [0.4, 0.5) is 0 Å². The predicted octanol–water partition coefficient (Wildman–Crippen LogP) is 4.14. The highest BCUT2D eigenvalue weighted by Crippen LogP contribution is 2.26. The number of benzene rings is 1. The number of nitrogens with one attached hydrogen (secondary N) is 1. The van der Waals surface area contributed by atoms with Crippen LogP contribution in [0.15, 0.2) is 44.0 Å². The van der Waals surface area contributed by atoms with Crippen LogP contribution in [-0.2, 0) is 6.42 Å². The zero-order valence-corrected chi connectivity index (χ0v) is 13.4. The van der Waals surface area contributed by atoms with Crippen molar-refractivity contribution in [2.24, 2.45) is 5.92 Å². The fraction of sp³-hybridized carbons (Fsp3) is 0.250. The summed E-state index contributed by atoms with van der Waals surface area (Å²) in [6.45, 7) is 4.19. The Morgan fingerprint density at radius 1 is 1.33 bits per heavy atom. The summed E-state index contributed by atoms with van der Waals surface area (Å²) in [5.41, 5.74) is 1.35. The van der Waals surface area contributed by atoms with E-state index >= 15 is 0 Å². The van der Waals surface area contributed by atoms with E-state index in [2.05, 4.69) is 39.7 Å². The fourth-order valence-electron chi connectivity index (χ4n) is 2.24. The second-order valence-corrected chi connectivity index (χ2v) is 6.21. The van der Waals surface area contributed by atoms with Gasteiger partial charge in [-0.1, -0.05) is 32.0 Å². The number of aromatic nitrogens is 2. The smallest absolute Gasteiger partial charge is 0.265 e. The average molecular weight is 347 g/mol. The number of aromatic amines is 1. The molecule has 1 N–H and O–H groups in total. The van der Waals surface area contributed by atoms with Crippen LogP contribution in [0.2, 0.25) is 0 Å². The lowest BCUT2D eigenvalue weighted by atomic mass is 10.1. The standard InChI is InChI=1S/C16H15BrN2O2/c1-9(2)7-11-14(17)16(20)19-15(18-11)13-8-10-5-3-4-6-12(10)21-13/h3-6,8-9H,7H2,1-2H3,(H,18,19,20). The third kappa shape index (κ3) is 2.78. The summed E-state index contributed by atoms with van der Waals surface area (Å²) in [6.07, 6.45) is 0.734. The molecule has 3 aromatic rings. The Kier molecular flexibility index (Phi) is 3.68. The van der Waals surface area contributed by atoms with Crippen LogP contribution in [0.3, 0.4) is 0 Å². The number of nitrogens with zero attached hydrogens (tertiary/aromatic N) is 1. The first-order valence-corrected chi connectivity index (χ1v) is 7.61. The number of fused-ring (bicyclic) bond motifs is 1.